The molecule has 1 N–H and O–H groups in total. The summed E-state index contributed by atoms with van der Waals surface area (Å²) in [6.07, 6.45) is 7.84. The van der Waals surface area contributed by atoms with E-state index in [1.807, 2.05) is 42.6 Å². The number of hydrogen-bond acceptors (Lipinski definition) is 4. The molecule has 2 aromatic carbocycles. The van der Waals surface area contributed by atoms with Gasteiger partial charge in [0.1, 0.15) is 11.3 Å². The highest BCUT2D eigenvalue weighted by Crippen LogP contribution is 2.38. The molecular weight excluding hydrogens is 441 g/mol. The molecule has 0 saturated carbocycles. The Hall–Kier alpha value is -4.09. The molecular formula is C27H24FN7. The van der Waals surface area contributed by atoms with E-state index in [9.17, 15) is 4.39 Å². The predicted octanol–water partition coefficient (Wildman–Crippen LogP) is 5.34. The lowest BCUT2D eigenvalue weighted by Gasteiger charge is -2.23. The van der Waals surface area contributed by atoms with Crippen LogP contribution >= 0.6 is 0 Å². The van der Waals surface area contributed by atoms with Crippen molar-refractivity contribution in [2.24, 2.45) is 13.0 Å². The molecule has 0 atom stereocenters. The molecule has 174 valence electrons. The maximum absolute atomic E-state index is 14.7. The second kappa shape index (κ2) is 8.60. The Morgan fingerprint density at radius 1 is 1.06 bits per heavy atom. The van der Waals surface area contributed by atoms with Gasteiger partial charge in [-0.25, -0.2) is 14.2 Å². The Morgan fingerprint density at radius 3 is 2.69 bits per heavy atom. The van der Waals surface area contributed by atoms with Crippen molar-refractivity contribution < 1.29 is 4.39 Å². The van der Waals surface area contributed by atoms with Crippen molar-refractivity contribution >= 4 is 27.6 Å². The highest BCUT2D eigenvalue weighted by atomic mass is 19.1. The summed E-state index contributed by atoms with van der Waals surface area (Å²) in [7, 11) is 1.91. The summed E-state index contributed by atoms with van der Waals surface area (Å²) in [5, 5.41) is 8.77. The van der Waals surface area contributed by atoms with E-state index in [2.05, 4.69) is 25.9 Å². The largest absolute Gasteiger partial charge is 0.329 e. The summed E-state index contributed by atoms with van der Waals surface area (Å²) in [6, 6.07) is 10.8. The molecule has 35 heavy (non-hydrogen) atoms. The minimum absolute atomic E-state index is 0.00338. The number of nitrogens with one attached hydrogen (secondary N) is 1. The van der Waals surface area contributed by atoms with E-state index in [0.717, 1.165) is 71.2 Å². The molecule has 5 aromatic rings. The lowest BCUT2D eigenvalue weighted by molar-refractivity contribution is 0.336. The highest BCUT2D eigenvalue weighted by Gasteiger charge is 2.21. The Kier molecular flexibility index (Phi) is 5.27. The Morgan fingerprint density at radius 2 is 1.89 bits per heavy atom. The molecule has 1 fully saturated rings. The average molecular weight is 466 g/mol. The van der Waals surface area contributed by atoms with E-state index < -0.39 is 5.82 Å². The van der Waals surface area contributed by atoms with Crippen LogP contribution in [0.15, 0.2) is 55.1 Å². The number of fused-ring (bicyclic) bond motifs is 2. The van der Waals surface area contributed by atoms with Crippen molar-refractivity contribution in [2.45, 2.75) is 19.4 Å². The number of aromatic nitrogens is 5. The van der Waals surface area contributed by atoms with E-state index in [4.69, 9.17) is 16.5 Å². The summed E-state index contributed by atoms with van der Waals surface area (Å²) >= 11 is 0. The molecule has 0 bridgehead atoms. The van der Waals surface area contributed by atoms with Gasteiger partial charge in [-0.15, -0.1) is 0 Å². The molecule has 1 saturated heterocycles. The first-order valence-corrected chi connectivity index (χ1v) is 11.8. The lowest BCUT2D eigenvalue weighted by Crippen LogP contribution is -2.29. The summed E-state index contributed by atoms with van der Waals surface area (Å²) in [6.45, 7) is 10.2. The number of benzene rings is 2. The van der Waals surface area contributed by atoms with Crippen LogP contribution in [0.5, 0.6) is 0 Å². The standard InChI is InChI=1S/C27H24FN7/c1-29-22-5-3-18(12-21(22)28)25-26(19-4-6-23-20(11-19)13-33-34(23)2)31-14-24-27(25)32-16-35(24)15-17-7-9-30-10-8-17/h3-6,11-14,16-17,30H,7-10,15H2,2H3. The van der Waals surface area contributed by atoms with E-state index in [-0.39, 0.29) is 5.69 Å². The maximum Gasteiger partial charge on any atom is 0.222 e. The molecule has 0 aliphatic carbocycles. The van der Waals surface area contributed by atoms with Crippen LogP contribution in [0, 0.1) is 18.3 Å². The summed E-state index contributed by atoms with van der Waals surface area (Å²) in [5.74, 6) is 0.0393. The quantitative estimate of drug-likeness (QED) is 0.364. The van der Waals surface area contributed by atoms with E-state index in [0.29, 0.717) is 11.5 Å². The lowest BCUT2D eigenvalue weighted by atomic mass is 9.96. The van der Waals surface area contributed by atoms with Crippen molar-refractivity contribution in [3.63, 3.8) is 0 Å². The third-order valence-electron chi connectivity index (χ3n) is 6.96. The topological polar surface area (TPSA) is 64.9 Å². The van der Waals surface area contributed by atoms with Gasteiger partial charge >= 0.3 is 0 Å². The monoisotopic (exact) mass is 465 g/mol. The zero-order valence-electron chi connectivity index (χ0n) is 19.4. The number of rotatable bonds is 4. The first kappa shape index (κ1) is 21.4. The second-order valence-electron chi connectivity index (χ2n) is 9.13. The number of piperidine rings is 1. The zero-order chi connectivity index (χ0) is 23.9. The maximum atomic E-state index is 14.7. The molecule has 6 rings (SSSR count). The normalized spacial score (nSPS) is 14.5. The average Bonchev–Trinajstić information content (AvgIpc) is 3.47. The number of halogens is 1. The van der Waals surface area contributed by atoms with Gasteiger partial charge in [0.2, 0.25) is 5.69 Å². The first-order valence-electron chi connectivity index (χ1n) is 11.8. The number of nitrogens with zero attached hydrogens (tertiary/aromatic N) is 6. The van der Waals surface area contributed by atoms with Crippen LogP contribution in [0.4, 0.5) is 10.1 Å². The number of hydrogen-bond donors (Lipinski definition) is 1. The van der Waals surface area contributed by atoms with Crippen LogP contribution in [0.1, 0.15) is 12.8 Å². The first-order chi connectivity index (χ1) is 17.1. The van der Waals surface area contributed by atoms with Gasteiger partial charge in [-0.3, -0.25) is 9.67 Å². The molecule has 1 aliphatic heterocycles. The number of imidazole rings is 1. The van der Waals surface area contributed by atoms with Crippen molar-refractivity contribution in [3.8, 4) is 22.4 Å². The van der Waals surface area contributed by atoms with E-state index >= 15 is 0 Å². The number of aryl methyl sites for hydroxylation is 1. The van der Waals surface area contributed by atoms with Crippen LogP contribution in [0.3, 0.4) is 0 Å². The molecule has 3 aromatic heterocycles. The van der Waals surface area contributed by atoms with Gasteiger partial charge in [0.15, 0.2) is 0 Å². The Balaban J connectivity index is 1.54. The Bertz CT molecular complexity index is 1600. The van der Waals surface area contributed by atoms with Gasteiger partial charge in [-0.2, -0.15) is 5.10 Å². The summed E-state index contributed by atoms with van der Waals surface area (Å²) in [5.41, 5.74) is 5.80. The smallest absolute Gasteiger partial charge is 0.222 e. The molecule has 8 heteroatoms. The minimum atomic E-state index is -0.544. The van der Waals surface area contributed by atoms with Gasteiger partial charge in [0.05, 0.1) is 42.0 Å². The fraction of sp³-hybridized carbons (Fsp3) is 0.259. The van der Waals surface area contributed by atoms with Gasteiger partial charge in [-0.05, 0) is 55.6 Å². The van der Waals surface area contributed by atoms with Crippen molar-refractivity contribution in [3.05, 3.63) is 72.4 Å². The zero-order valence-corrected chi connectivity index (χ0v) is 19.4. The van der Waals surface area contributed by atoms with Gasteiger partial charge in [-0.1, -0.05) is 18.2 Å². The van der Waals surface area contributed by atoms with Crippen LogP contribution < -0.4 is 5.32 Å². The van der Waals surface area contributed by atoms with Crippen molar-refractivity contribution in [2.75, 3.05) is 13.1 Å². The van der Waals surface area contributed by atoms with E-state index in [1.165, 1.54) is 12.1 Å². The molecule has 0 radical (unpaired) electrons. The third kappa shape index (κ3) is 3.74. The Labute approximate surface area is 202 Å². The minimum Gasteiger partial charge on any atom is -0.329 e. The predicted molar refractivity (Wildman–Crippen MR) is 134 cm³/mol. The van der Waals surface area contributed by atoms with Crippen LogP contribution in [-0.2, 0) is 13.6 Å². The summed E-state index contributed by atoms with van der Waals surface area (Å²) < 4.78 is 18.7. The van der Waals surface area contributed by atoms with Crippen molar-refractivity contribution in [1.29, 1.82) is 0 Å². The fourth-order valence-electron chi connectivity index (χ4n) is 5.07. The van der Waals surface area contributed by atoms with Crippen LogP contribution in [0.2, 0.25) is 0 Å². The molecule has 0 unspecified atom stereocenters. The molecule has 4 heterocycles. The highest BCUT2D eigenvalue weighted by molar-refractivity contribution is 6.00. The number of pyridine rings is 1. The molecule has 0 amide bonds. The molecule has 0 spiro atoms. The van der Waals surface area contributed by atoms with Crippen molar-refractivity contribution in [1.82, 2.24) is 29.6 Å². The third-order valence-corrected chi connectivity index (χ3v) is 6.96. The van der Waals surface area contributed by atoms with Crippen LogP contribution in [0.25, 0.3) is 49.2 Å². The van der Waals surface area contributed by atoms with Crippen LogP contribution in [-0.4, -0.2) is 37.4 Å². The second-order valence-corrected chi connectivity index (χ2v) is 9.13. The summed E-state index contributed by atoms with van der Waals surface area (Å²) in [4.78, 5) is 13.0. The molecule has 1 aliphatic rings. The van der Waals surface area contributed by atoms with Gasteiger partial charge in [0.25, 0.3) is 0 Å². The van der Waals surface area contributed by atoms with Gasteiger partial charge in [0, 0.05) is 30.1 Å². The van der Waals surface area contributed by atoms with Gasteiger partial charge < -0.3 is 9.88 Å². The SMILES string of the molecule is [C-]#[N+]c1ccc(-c2c(-c3ccc4c(cnn4C)c3)ncc3c2ncn3CC2CCNCC2)cc1F. The fourth-order valence-corrected chi connectivity index (χ4v) is 5.07. The van der Waals surface area contributed by atoms with E-state index in [1.54, 1.807) is 6.07 Å². The molecule has 7 nitrogen and oxygen atoms in total.